The van der Waals surface area contributed by atoms with Crippen molar-refractivity contribution in [3.63, 3.8) is 0 Å². The Kier molecular flexibility index (Phi) is 5.49. The molecule has 0 bridgehead atoms. The monoisotopic (exact) mass is 404 g/mol. The Morgan fingerprint density at radius 2 is 1.97 bits per heavy atom. The largest absolute Gasteiger partial charge is 0.507 e. The summed E-state index contributed by atoms with van der Waals surface area (Å²) >= 11 is 0. The highest BCUT2D eigenvalue weighted by Gasteiger charge is 2.41. The summed E-state index contributed by atoms with van der Waals surface area (Å²) in [5.74, 6) is -0.817. The van der Waals surface area contributed by atoms with Gasteiger partial charge in [0.2, 0.25) is 0 Å². The summed E-state index contributed by atoms with van der Waals surface area (Å²) in [6, 6.07) is 1.19. The van der Waals surface area contributed by atoms with Crippen LogP contribution in [0.25, 0.3) is 11.0 Å². The van der Waals surface area contributed by atoms with Crippen molar-refractivity contribution < 1.29 is 29.3 Å². The molecule has 1 aromatic carbocycles. The zero-order chi connectivity index (χ0) is 21.7. The predicted molar refractivity (Wildman–Crippen MR) is 108 cm³/mol. The molecular weight excluding hydrogens is 376 g/mol. The molecule has 0 fully saturated rings. The Morgan fingerprint density at radius 3 is 2.52 bits per heavy atom. The number of rotatable bonds is 6. The number of aliphatic hydroxyl groups is 2. The van der Waals surface area contributed by atoms with E-state index in [2.05, 4.69) is 0 Å². The molecule has 7 nitrogen and oxygen atoms in total. The number of aromatic hydroxyl groups is 1. The molecule has 0 amide bonds. The topological polar surface area (TPSA) is 117 Å². The Labute approximate surface area is 168 Å². The van der Waals surface area contributed by atoms with E-state index in [0.29, 0.717) is 23.8 Å². The van der Waals surface area contributed by atoms with Gasteiger partial charge >= 0.3 is 5.63 Å². The number of phenols is 1. The van der Waals surface area contributed by atoms with E-state index >= 15 is 0 Å². The molecule has 2 heterocycles. The van der Waals surface area contributed by atoms with E-state index in [4.69, 9.17) is 9.15 Å². The second-order valence-corrected chi connectivity index (χ2v) is 8.32. The fraction of sp³-hybridized carbons (Fsp3) is 0.545. The van der Waals surface area contributed by atoms with Crippen LogP contribution in [-0.4, -0.2) is 32.8 Å². The number of phenolic OH excluding ortho intramolecular Hbond substituents is 1. The molecular formula is C22H28O7. The van der Waals surface area contributed by atoms with E-state index in [1.807, 2.05) is 6.92 Å². The van der Waals surface area contributed by atoms with E-state index in [0.717, 1.165) is 0 Å². The maximum atomic E-state index is 13.1. The molecule has 7 heteroatoms. The summed E-state index contributed by atoms with van der Waals surface area (Å²) in [4.78, 5) is 25.3. The molecule has 0 spiro atoms. The maximum absolute atomic E-state index is 13.1. The normalized spacial score (nSPS) is 18.4. The Morgan fingerprint density at radius 1 is 1.31 bits per heavy atom. The highest BCUT2D eigenvalue weighted by atomic mass is 16.5. The fourth-order valence-electron chi connectivity index (χ4n) is 3.66. The Hall–Kier alpha value is -2.38. The minimum Gasteiger partial charge on any atom is -0.507 e. The molecule has 2 aromatic rings. The second-order valence-electron chi connectivity index (χ2n) is 8.32. The Balaban J connectivity index is 2.44. The summed E-state index contributed by atoms with van der Waals surface area (Å²) < 4.78 is 11.3. The van der Waals surface area contributed by atoms with Gasteiger partial charge in [0.05, 0.1) is 17.1 Å². The first kappa shape index (κ1) is 21.3. The molecule has 0 aliphatic carbocycles. The van der Waals surface area contributed by atoms with Crippen LogP contribution in [0.4, 0.5) is 0 Å². The minimum atomic E-state index is -1.21. The van der Waals surface area contributed by atoms with Gasteiger partial charge in [-0.05, 0) is 26.7 Å². The lowest BCUT2D eigenvalue weighted by atomic mass is 9.89. The number of aliphatic hydroxyl groups excluding tert-OH is 1. The molecule has 0 saturated heterocycles. The number of carbonyl (C=O) groups is 1. The van der Waals surface area contributed by atoms with Gasteiger partial charge in [-0.25, -0.2) is 4.79 Å². The predicted octanol–water partition coefficient (Wildman–Crippen LogP) is 3.25. The van der Waals surface area contributed by atoms with Gasteiger partial charge in [-0.3, -0.25) is 4.79 Å². The molecule has 3 N–H and O–H groups in total. The molecule has 0 saturated carbocycles. The first-order chi connectivity index (χ1) is 13.5. The van der Waals surface area contributed by atoms with Crippen LogP contribution in [0, 0.1) is 5.92 Å². The van der Waals surface area contributed by atoms with E-state index in [1.165, 1.54) is 6.07 Å². The summed E-state index contributed by atoms with van der Waals surface area (Å²) in [5.41, 5.74) is -1.44. The van der Waals surface area contributed by atoms with Crippen LogP contribution in [-0.2, 0) is 6.42 Å². The number of carbonyl (C=O) groups excluding carboxylic acids is 1. The van der Waals surface area contributed by atoms with E-state index in [1.54, 1.807) is 27.7 Å². The molecule has 1 aliphatic rings. The van der Waals surface area contributed by atoms with Crippen LogP contribution in [0.15, 0.2) is 15.3 Å². The molecule has 29 heavy (non-hydrogen) atoms. The number of ketones is 1. The van der Waals surface area contributed by atoms with Gasteiger partial charge in [-0.2, -0.15) is 0 Å². The zero-order valence-electron chi connectivity index (χ0n) is 17.4. The summed E-state index contributed by atoms with van der Waals surface area (Å²) in [7, 11) is 0. The number of Topliss-reactive ketones (excluding diaryl/α,β-unsaturated/α-hetero) is 1. The summed E-state index contributed by atoms with van der Waals surface area (Å²) in [6.45, 7) is 8.54. The molecule has 3 rings (SSSR count). The van der Waals surface area contributed by atoms with Gasteiger partial charge in [0.15, 0.2) is 11.4 Å². The van der Waals surface area contributed by atoms with Crippen molar-refractivity contribution in [3.05, 3.63) is 33.2 Å². The van der Waals surface area contributed by atoms with Crippen molar-refractivity contribution in [3.8, 4) is 11.5 Å². The molecule has 158 valence electrons. The standard InChI is InChI=1S/C22H28O7/c1-6-10(3)18(25)17-19(26)12-8-14(22(4,5)27)28-20(12)16-11(13(23)7-2)9-15(24)29-21(16)17/h9-10,13-14,23,26-27H,6-8H2,1-5H3/t10-,13-,14-/m0/s1. The summed E-state index contributed by atoms with van der Waals surface area (Å²) in [6.07, 6.45) is -0.591. The fourth-order valence-corrected chi connectivity index (χ4v) is 3.66. The number of fused-ring (bicyclic) bond motifs is 3. The summed E-state index contributed by atoms with van der Waals surface area (Å²) in [5, 5.41) is 32.2. The van der Waals surface area contributed by atoms with Crippen molar-refractivity contribution in [2.24, 2.45) is 5.92 Å². The van der Waals surface area contributed by atoms with Crippen molar-refractivity contribution in [2.45, 2.75) is 71.7 Å². The number of benzene rings is 1. The van der Waals surface area contributed by atoms with Crippen LogP contribution < -0.4 is 10.4 Å². The van der Waals surface area contributed by atoms with Gasteiger partial charge < -0.3 is 24.5 Å². The zero-order valence-corrected chi connectivity index (χ0v) is 17.4. The highest BCUT2D eigenvalue weighted by molar-refractivity contribution is 6.12. The van der Waals surface area contributed by atoms with E-state index in [-0.39, 0.29) is 40.4 Å². The van der Waals surface area contributed by atoms with Crippen LogP contribution in [0.3, 0.4) is 0 Å². The lowest BCUT2D eigenvalue weighted by Crippen LogP contribution is -2.39. The van der Waals surface area contributed by atoms with E-state index < -0.39 is 29.4 Å². The van der Waals surface area contributed by atoms with Crippen molar-refractivity contribution >= 4 is 16.8 Å². The SMILES string of the molecule is CC[C@H](C)C(=O)c1c(O)c2c(c3c([C@@H](O)CC)cc(=O)oc13)O[C@H](C(C)(C)O)C2. The number of hydrogen-bond acceptors (Lipinski definition) is 7. The van der Waals surface area contributed by atoms with Crippen molar-refractivity contribution in [2.75, 3.05) is 0 Å². The molecule has 1 aliphatic heterocycles. The van der Waals surface area contributed by atoms with Crippen LogP contribution >= 0.6 is 0 Å². The average molecular weight is 404 g/mol. The first-order valence-electron chi connectivity index (χ1n) is 9.97. The molecule has 3 atom stereocenters. The van der Waals surface area contributed by atoms with Gasteiger partial charge in [-0.15, -0.1) is 0 Å². The molecule has 0 unspecified atom stereocenters. The van der Waals surface area contributed by atoms with Gasteiger partial charge in [0.25, 0.3) is 0 Å². The van der Waals surface area contributed by atoms with Crippen molar-refractivity contribution in [1.82, 2.24) is 0 Å². The van der Waals surface area contributed by atoms with Gasteiger partial charge in [0.1, 0.15) is 23.2 Å². The lowest BCUT2D eigenvalue weighted by molar-refractivity contribution is -0.0225. The lowest BCUT2D eigenvalue weighted by Gasteiger charge is -2.25. The Bertz CT molecular complexity index is 1010. The van der Waals surface area contributed by atoms with Crippen molar-refractivity contribution in [1.29, 1.82) is 0 Å². The first-order valence-corrected chi connectivity index (χ1v) is 9.97. The third-order valence-corrected chi connectivity index (χ3v) is 5.73. The van der Waals surface area contributed by atoms with Crippen LogP contribution in [0.5, 0.6) is 11.5 Å². The second kappa shape index (κ2) is 7.46. The smallest absolute Gasteiger partial charge is 0.336 e. The minimum absolute atomic E-state index is 0.0738. The van der Waals surface area contributed by atoms with Crippen LogP contribution in [0.1, 0.15) is 75.0 Å². The highest BCUT2D eigenvalue weighted by Crippen LogP contribution is 2.48. The number of ether oxygens (including phenoxy) is 1. The van der Waals surface area contributed by atoms with E-state index in [9.17, 15) is 24.9 Å². The van der Waals surface area contributed by atoms with Crippen LogP contribution in [0.2, 0.25) is 0 Å². The molecule has 0 radical (unpaired) electrons. The average Bonchev–Trinajstić information content (AvgIpc) is 3.12. The molecule has 1 aromatic heterocycles. The maximum Gasteiger partial charge on any atom is 0.336 e. The third-order valence-electron chi connectivity index (χ3n) is 5.73. The number of hydrogen-bond donors (Lipinski definition) is 3. The quantitative estimate of drug-likeness (QED) is 0.500. The third kappa shape index (κ3) is 3.53. The van der Waals surface area contributed by atoms with Gasteiger partial charge in [-0.1, -0.05) is 20.8 Å². The van der Waals surface area contributed by atoms with Gasteiger partial charge in [0, 0.05) is 29.5 Å².